The number of hydrogen-bond donors (Lipinski definition) is 2. The van der Waals surface area contributed by atoms with Crippen LogP contribution in [0.3, 0.4) is 0 Å². The molecular weight excluding hydrogens is 360 g/mol. The first kappa shape index (κ1) is 18.0. The Balaban J connectivity index is 1.52. The topological polar surface area (TPSA) is 107 Å². The van der Waals surface area contributed by atoms with Gasteiger partial charge in [0.15, 0.2) is 0 Å². The van der Waals surface area contributed by atoms with Gasteiger partial charge in [-0.05, 0) is 24.1 Å². The Kier molecular flexibility index (Phi) is 4.41. The number of anilines is 1. The first-order valence-corrected chi connectivity index (χ1v) is 8.57. The lowest BCUT2D eigenvalue weighted by atomic mass is 10.0. The highest BCUT2D eigenvalue weighted by molar-refractivity contribution is 5.24. The number of aromatic nitrogens is 3. The summed E-state index contributed by atoms with van der Waals surface area (Å²) in [4.78, 5) is 21.6. The molecule has 0 aromatic carbocycles. The largest absolute Gasteiger partial charge is 0.384 e. The van der Waals surface area contributed by atoms with Crippen LogP contribution < -0.4 is 11.4 Å². The molecule has 0 aliphatic carbocycles. The summed E-state index contributed by atoms with van der Waals surface area (Å²) >= 11 is 0. The molecule has 4 heterocycles. The Morgan fingerprint density at radius 2 is 2.22 bits per heavy atom. The van der Waals surface area contributed by atoms with Crippen LogP contribution in [0.15, 0.2) is 35.4 Å². The average molecular weight is 379 g/mol. The highest BCUT2D eigenvalue weighted by Gasteiger charge is 2.59. The average Bonchev–Trinajstić information content (AvgIpc) is 2.85. The molecule has 2 aliphatic rings. The summed E-state index contributed by atoms with van der Waals surface area (Å²) in [6, 6.07) is 5.08. The fourth-order valence-corrected chi connectivity index (χ4v) is 3.54. The van der Waals surface area contributed by atoms with Crippen LogP contribution in [0.4, 0.5) is 14.6 Å². The molecule has 1 saturated heterocycles. The van der Waals surface area contributed by atoms with Crippen molar-refractivity contribution >= 4 is 5.82 Å². The van der Waals surface area contributed by atoms with E-state index in [0.717, 1.165) is 23.9 Å². The number of pyridine rings is 1. The van der Waals surface area contributed by atoms with E-state index in [-0.39, 0.29) is 12.4 Å². The first-order valence-electron chi connectivity index (χ1n) is 8.57. The molecule has 4 rings (SSSR count). The zero-order chi connectivity index (χ0) is 19.2. The number of halogens is 2. The number of rotatable bonds is 3. The second-order valence-corrected chi connectivity index (χ2v) is 6.78. The van der Waals surface area contributed by atoms with Crippen LogP contribution in [0, 0.1) is 0 Å². The molecule has 0 spiro atoms. The summed E-state index contributed by atoms with van der Waals surface area (Å²) < 4.78 is 35.2. The van der Waals surface area contributed by atoms with Gasteiger partial charge in [0.25, 0.3) is 0 Å². The number of hydrogen-bond acceptors (Lipinski definition) is 7. The zero-order valence-electron chi connectivity index (χ0n) is 14.3. The third kappa shape index (κ3) is 3.20. The van der Waals surface area contributed by atoms with E-state index in [2.05, 4.69) is 9.97 Å². The quantitative estimate of drug-likeness (QED) is 0.783. The first-order chi connectivity index (χ1) is 12.9. The Morgan fingerprint density at radius 3 is 3.00 bits per heavy atom. The minimum Gasteiger partial charge on any atom is -0.384 e. The van der Waals surface area contributed by atoms with Gasteiger partial charge in [0.05, 0.1) is 5.69 Å². The van der Waals surface area contributed by atoms with Crippen molar-refractivity contribution in [3.8, 4) is 0 Å². The number of ether oxygens (including phenoxy) is 1. The molecule has 2 aromatic heterocycles. The minimum absolute atomic E-state index is 0.0749. The summed E-state index contributed by atoms with van der Waals surface area (Å²) in [5.41, 5.74) is 6.46. The van der Waals surface area contributed by atoms with Gasteiger partial charge in [-0.15, -0.1) is 0 Å². The van der Waals surface area contributed by atoms with E-state index in [4.69, 9.17) is 10.5 Å². The van der Waals surface area contributed by atoms with Gasteiger partial charge in [-0.3, -0.25) is 14.5 Å². The molecule has 0 unspecified atom stereocenters. The molecule has 3 atom stereocenters. The van der Waals surface area contributed by atoms with Crippen molar-refractivity contribution in [2.45, 2.75) is 37.3 Å². The van der Waals surface area contributed by atoms with Crippen LogP contribution in [-0.2, 0) is 17.7 Å². The number of alkyl halides is 2. The highest BCUT2D eigenvalue weighted by Crippen LogP contribution is 2.42. The van der Waals surface area contributed by atoms with Gasteiger partial charge in [-0.25, -0.2) is 4.79 Å². The number of nitrogen functional groups attached to an aromatic ring is 1. The maximum absolute atomic E-state index is 14.6. The third-order valence-electron chi connectivity index (χ3n) is 4.98. The molecule has 8 nitrogen and oxygen atoms in total. The molecular formula is C17H19F2N5O3. The van der Waals surface area contributed by atoms with Crippen molar-refractivity contribution in [2.75, 3.05) is 18.8 Å². The van der Waals surface area contributed by atoms with E-state index in [1.807, 2.05) is 17.0 Å². The predicted molar refractivity (Wildman–Crippen MR) is 91.0 cm³/mol. The Morgan fingerprint density at radius 1 is 1.41 bits per heavy atom. The van der Waals surface area contributed by atoms with E-state index < -0.39 is 30.0 Å². The third-order valence-corrected chi connectivity index (χ3v) is 4.98. The Labute approximate surface area is 153 Å². The molecule has 10 heteroatoms. The van der Waals surface area contributed by atoms with Gasteiger partial charge in [0.1, 0.15) is 18.0 Å². The molecule has 0 amide bonds. The standard InChI is InChI=1S/C17H19F2N5O3/c18-17(19)14(25)12(27-15(17)24-7-4-13(20)22-16(24)26)9-23-6-3-10-2-1-5-21-11(10)8-23/h1-2,4-5,7,12,14-15,25H,3,6,8-9H2,(H2,20,22,26)/t12-,14-,15-/m1/s1. The van der Waals surface area contributed by atoms with Crippen LogP contribution in [0.25, 0.3) is 0 Å². The summed E-state index contributed by atoms with van der Waals surface area (Å²) in [6.45, 7) is 1.23. The second kappa shape index (κ2) is 6.63. The monoisotopic (exact) mass is 379 g/mol. The molecule has 27 heavy (non-hydrogen) atoms. The molecule has 0 saturated carbocycles. The number of nitrogens with two attached hydrogens (primary N) is 1. The van der Waals surface area contributed by atoms with Crippen LogP contribution >= 0.6 is 0 Å². The number of fused-ring (bicyclic) bond motifs is 1. The van der Waals surface area contributed by atoms with E-state index in [1.54, 1.807) is 6.20 Å². The van der Waals surface area contributed by atoms with Crippen molar-refractivity contribution in [3.05, 3.63) is 52.3 Å². The summed E-state index contributed by atoms with van der Waals surface area (Å²) in [5, 5.41) is 10.1. The van der Waals surface area contributed by atoms with Crippen molar-refractivity contribution in [2.24, 2.45) is 0 Å². The minimum atomic E-state index is -3.64. The highest BCUT2D eigenvalue weighted by atomic mass is 19.3. The maximum Gasteiger partial charge on any atom is 0.351 e. The van der Waals surface area contributed by atoms with E-state index in [0.29, 0.717) is 17.7 Å². The lowest BCUT2D eigenvalue weighted by molar-refractivity contribution is -0.140. The number of aliphatic hydroxyl groups excluding tert-OH is 1. The molecule has 0 bridgehead atoms. The number of nitrogens with zero attached hydrogens (tertiary/aromatic N) is 4. The van der Waals surface area contributed by atoms with Crippen molar-refractivity contribution in [1.29, 1.82) is 0 Å². The zero-order valence-corrected chi connectivity index (χ0v) is 14.3. The maximum atomic E-state index is 14.6. The van der Waals surface area contributed by atoms with E-state index in [1.165, 1.54) is 6.07 Å². The van der Waals surface area contributed by atoms with E-state index >= 15 is 0 Å². The van der Waals surface area contributed by atoms with Crippen molar-refractivity contribution < 1.29 is 18.6 Å². The van der Waals surface area contributed by atoms with Crippen molar-refractivity contribution in [3.63, 3.8) is 0 Å². The Bertz CT molecular complexity index is 906. The lowest BCUT2D eigenvalue weighted by Gasteiger charge is -2.30. The second-order valence-electron chi connectivity index (χ2n) is 6.78. The van der Waals surface area contributed by atoms with E-state index in [9.17, 15) is 18.7 Å². The van der Waals surface area contributed by atoms with Gasteiger partial charge in [0, 0.05) is 32.0 Å². The molecule has 144 valence electrons. The lowest BCUT2D eigenvalue weighted by Crippen LogP contribution is -2.44. The SMILES string of the molecule is Nc1ccn([C@@H]2O[C@H](CN3CCc4cccnc4C3)[C@@H](O)C2(F)F)c(=O)n1. The normalized spacial score (nSPS) is 27.4. The molecule has 1 fully saturated rings. The van der Waals surface area contributed by atoms with Crippen LogP contribution in [0.5, 0.6) is 0 Å². The summed E-state index contributed by atoms with van der Waals surface area (Å²) in [7, 11) is 0. The molecule has 2 aromatic rings. The van der Waals surface area contributed by atoms with Gasteiger partial charge in [-0.2, -0.15) is 13.8 Å². The fraction of sp³-hybridized carbons (Fsp3) is 0.471. The van der Waals surface area contributed by atoms with Crippen molar-refractivity contribution in [1.82, 2.24) is 19.4 Å². The summed E-state index contributed by atoms with van der Waals surface area (Å²) in [5.74, 6) is -3.72. The van der Waals surface area contributed by atoms with Crippen LogP contribution in [0.1, 0.15) is 17.5 Å². The fourth-order valence-electron chi connectivity index (χ4n) is 3.54. The van der Waals surface area contributed by atoms with Gasteiger partial charge < -0.3 is 15.6 Å². The van der Waals surface area contributed by atoms with Gasteiger partial charge in [0.2, 0.25) is 6.23 Å². The smallest absolute Gasteiger partial charge is 0.351 e. The van der Waals surface area contributed by atoms with Gasteiger partial charge >= 0.3 is 11.6 Å². The molecule has 3 N–H and O–H groups in total. The predicted octanol–water partition coefficient (Wildman–Crippen LogP) is 0.172. The van der Waals surface area contributed by atoms with Crippen LogP contribution in [0.2, 0.25) is 0 Å². The Hall–Kier alpha value is -2.43. The van der Waals surface area contributed by atoms with Crippen LogP contribution in [-0.4, -0.2) is 55.8 Å². The van der Waals surface area contributed by atoms with Gasteiger partial charge in [-0.1, -0.05) is 6.07 Å². The summed E-state index contributed by atoms with van der Waals surface area (Å²) in [6.07, 6.45) is -1.61. The molecule has 0 radical (unpaired) electrons. The molecule has 2 aliphatic heterocycles. The number of aliphatic hydroxyl groups is 1.